The fourth-order valence-electron chi connectivity index (χ4n) is 4.49. The van der Waals surface area contributed by atoms with Crippen molar-refractivity contribution in [3.05, 3.63) is 95.6 Å². The number of benzene rings is 3. The largest absolute Gasteiger partial charge is 0.264 e. The van der Waals surface area contributed by atoms with Crippen LogP contribution in [-0.4, -0.2) is 8.42 Å². The Hall–Kier alpha value is -2.59. The second kappa shape index (κ2) is 5.71. The second-order valence-electron chi connectivity index (χ2n) is 6.96. The number of rotatable bonds is 2. The maximum Gasteiger partial charge on any atom is 0.264 e. The minimum absolute atomic E-state index is 0.164. The van der Waals surface area contributed by atoms with Gasteiger partial charge < -0.3 is 0 Å². The Bertz CT molecular complexity index is 1080. The molecule has 2 aliphatic rings. The van der Waals surface area contributed by atoms with Gasteiger partial charge in [0.2, 0.25) is 0 Å². The summed E-state index contributed by atoms with van der Waals surface area (Å²) in [6.45, 7) is 0. The predicted molar refractivity (Wildman–Crippen MR) is 103 cm³/mol. The number of anilines is 1. The van der Waals surface area contributed by atoms with Crippen LogP contribution in [-0.2, 0) is 16.4 Å². The van der Waals surface area contributed by atoms with E-state index in [-0.39, 0.29) is 12.0 Å². The van der Waals surface area contributed by atoms with Gasteiger partial charge in [-0.2, -0.15) is 0 Å². The summed E-state index contributed by atoms with van der Waals surface area (Å²) in [5, 5.41) is 0. The van der Waals surface area contributed by atoms with Crippen LogP contribution < -0.4 is 4.31 Å². The molecule has 130 valence electrons. The highest BCUT2D eigenvalue weighted by Gasteiger charge is 2.47. The summed E-state index contributed by atoms with van der Waals surface area (Å²) >= 11 is 0. The SMILES string of the molecule is O=S(=O)(c1ccccc1)N1c2ccccc2[C@H]2CCc3ccccc3[C@H]21. The lowest BCUT2D eigenvalue weighted by Gasteiger charge is -2.34. The van der Waals surface area contributed by atoms with E-state index < -0.39 is 10.0 Å². The van der Waals surface area contributed by atoms with Gasteiger partial charge in [-0.1, -0.05) is 60.7 Å². The average molecular weight is 361 g/mol. The fraction of sp³-hybridized carbons (Fsp3) is 0.182. The van der Waals surface area contributed by atoms with E-state index in [1.807, 2.05) is 36.4 Å². The molecule has 0 bridgehead atoms. The number of fused-ring (bicyclic) bond motifs is 5. The summed E-state index contributed by atoms with van der Waals surface area (Å²) in [6, 6.07) is 24.8. The topological polar surface area (TPSA) is 37.4 Å². The van der Waals surface area contributed by atoms with Crippen LogP contribution in [0.25, 0.3) is 0 Å². The molecule has 1 aliphatic carbocycles. The smallest absolute Gasteiger partial charge is 0.258 e. The van der Waals surface area contributed by atoms with Gasteiger partial charge in [-0.05, 0) is 47.7 Å². The van der Waals surface area contributed by atoms with Gasteiger partial charge >= 0.3 is 0 Å². The maximum absolute atomic E-state index is 13.6. The van der Waals surface area contributed by atoms with Gasteiger partial charge in [-0.15, -0.1) is 0 Å². The van der Waals surface area contributed by atoms with Crippen molar-refractivity contribution < 1.29 is 8.42 Å². The van der Waals surface area contributed by atoms with E-state index in [2.05, 4.69) is 18.2 Å². The van der Waals surface area contributed by atoms with Crippen LogP contribution in [0.3, 0.4) is 0 Å². The van der Waals surface area contributed by atoms with Crippen molar-refractivity contribution in [2.24, 2.45) is 0 Å². The van der Waals surface area contributed by atoms with Gasteiger partial charge in [0.15, 0.2) is 0 Å². The molecule has 0 amide bonds. The second-order valence-corrected chi connectivity index (χ2v) is 8.78. The van der Waals surface area contributed by atoms with Crippen molar-refractivity contribution in [3.8, 4) is 0 Å². The highest BCUT2D eigenvalue weighted by molar-refractivity contribution is 7.92. The van der Waals surface area contributed by atoms with Crippen LogP contribution in [0.2, 0.25) is 0 Å². The van der Waals surface area contributed by atoms with Crippen LogP contribution >= 0.6 is 0 Å². The number of para-hydroxylation sites is 1. The van der Waals surface area contributed by atoms with Gasteiger partial charge in [0.25, 0.3) is 10.0 Å². The molecular weight excluding hydrogens is 342 g/mol. The Balaban J connectivity index is 1.76. The molecule has 4 heteroatoms. The normalized spacial score (nSPS) is 21.0. The van der Waals surface area contributed by atoms with E-state index in [1.165, 1.54) is 5.56 Å². The van der Waals surface area contributed by atoms with Crippen LogP contribution in [0, 0.1) is 0 Å². The molecule has 0 saturated heterocycles. The van der Waals surface area contributed by atoms with Gasteiger partial charge in [0.05, 0.1) is 16.6 Å². The Morgan fingerprint density at radius 3 is 2.23 bits per heavy atom. The fourth-order valence-corrected chi connectivity index (χ4v) is 6.20. The van der Waals surface area contributed by atoms with Gasteiger partial charge in [-0.3, -0.25) is 4.31 Å². The molecule has 0 spiro atoms. The minimum Gasteiger partial charge on any atom is -0.258 e. The van der Waals surface area contributed by atoms with Crippen LogP contribution in [0.4, 0.5) is 5.69 Å². The molecule has 0 aromatic heterocycles. The molecule has 1 heterocycles. The van der Waals surface area contributed by atoms with Crippen molar-refractivity contribution in [1.82, 2.24) is 0 Å². The summed E-state index contributed by atoms with van der Waals surface area (Å²) < 4.78 is 28.8. The molecule has 26 heavy (non-hydrogen) atoms. The molecule has 0 fully saturated rings. The lowest BCUT2D eigenvalue weighted by atomic mass is 9.79. The first kappa shape index (κ1) is 15.6. The highest BCUT2D eigenvalue weighted by Crippen LogP contribution is 2.55. The zero-order valence-electron chi connectivity index (χ0n) is 14.2. The first-order valence-electron chi connectivity index (χ1n) is 8.94. The number of nitrogens with zero attached hydrogens (tertiary/aromatic N) is 1. The van der Waals surface area contributed by atoms with E-state index in [0.717, 1.165) is 29.7 Å². The predicted octanol–water partition coefficient (Wildman–Crippen LogP) is 4.67. The van der Waals surface area contributed by atoms with Crippen molar-refractivity contribution in [2.75, 3.05) is 4.31 Å². The van der Waals surface area contributed by atoms with Gasteiger partial charge in [0.1, 0.15) is 0 Å². The zero-order valence-corrected chi connectivity index (χ0v) is 15.1. The molecular formula is C22H19NO2S. The number of hydrogen-bond donors (Lipinski definition) is 0. The summed E-state index contributed by atoms with van der Waals surface area (Å²) in [4.78, 5) is 0.346. The summed E-state index contributed by atoms with van der Waals surface area (Å²) in [7, 11) is -3.63. The number of hydrogen-bond acceptors (Lipinski definition) is 2. The summed E-state index contributed by atoms with van der Waals surface area (Å²) in [6.07, 6.45) is 1.96. The van der Waals surface area contributed by atoms with Gasteiger partial charge in [-0.25, -0.2) is 8.42 Å². The molecule has 1 aliphatic heterocycles. The molecule has 0 saturated carbocycles. The third-order valence-electron chi connectivity index (χ3n) is 5.61. The van der Waals surface area contributed by atoms with Crippen LogP contribution in [0.5, 0.6) is 0 Å². The maximum atomic E-state index is 13.6. The summed E-state index contributed by atoms with van der Waals surface area (Å²) in [5.74, 6) is 0.208. The van der Waals surface area contributed by atoms with Gasteiger partial charge in [0, 0.05) is 5.92 Å². The van der Waals surface area contributed by atoms with Crippen LogP contribution in [0.1, 0.15) is 35.1 Å². The molecule has 5 rings (SSSR count). The minimum atomic E-state index is -3.63. The molecule has 2 atom stereocenters. The highest BCUT2D eigenvalue weighted by atomic mass is 32.2. The molecule has 0 radical (unpaired) electrons. The molecule has 3 aromatic rings. The van der Waals surface area contributed by atoms with Crippen LogP contribution in [0.15, 0.2) is 83.8 Å². The monoisotopic (exact) mass is 361 g/mol. The Morgan fingerprint density at radius 1 is 0.769 bits per heavy atom. The zero-order chi connectivity index (χ0) is 17.7. The lowest BCUT2D eigenvalue weighted by molar-refractivity contribution is 0.505. The third-order valence-corrected chi connectivity index (χ3v) is 7.42. The number of aryl methyl sites for hydroxylation is 1. The Morgan fingerprint density at radius 2 is 1.42 bits per heavy atom. The third kappa shape index (κ3) is 2.15. The van der Waals surface area contributed by atoms with Crippen molar-refractivity contribution in [3.63, 3.8) is 0 Å². The Kier molecular flexibility index (Phi) is 3.44. The first-order chi connectivity index (χ1) is 12.7. The summed E-state index contributed by atoms with van der Waals surface area (Å²) in [5.41, 5.74) is 4.36. The van der Waals surface area contributed by atoms with E-state index in [9.17, 15) is 8.42 Å². The van der Waals surface area contributed by atoms with Crippen molar-refractivity contribution in [1.29, 1.82) is 0 Å². The standard InChI is InChI=1S/C22H19NO2S/c24-26(25,17-9-2-1-3-10-17)23-21-13-7-6-12-19(21)20-15-14-16-8-4-5-11-18(16)22(20)23/h1-13,20,22H,14-15H2/t20-,22-/m1/s1. The van der Waals surface area contributed by atoms with E-state index >= 15 is 0 Å². The lowest BCUT2D eigenvalue weighted by Crippen LogP contribution is -2.35. The van der Waals surface area contributed by atoms with E-state index in [0.29, 0.717) is 4.90 Å². The number of sulfonamides is 1. The molecule has 3 aromatic carbocycles. The van der Waals surface area contributed by atoms with E-state index in [1.54, 1.807) is 28.6 Å². The molecule has 0 unspecified atom stereocenters. The van der Waals surface area contributed by atoms with E-state index in [4.69, 9.17) is 0 Å². The Labute approximate surface area is 154 Å². The first-order valence-corrected chi connectivity index (χ1v) is 10.4. The van der Waals surface area contributed by atoms with Crippen molar-refractivity contribution in [2.45, 2.75) is 29.7 Å². The quantitative estimate of drug-likeness (QED) is 0.665. The molecule has 3 nitrogen and oxygen atoms in total. The molecule has 0 N–H and O–H groups in total. The average Bonchev–Trinajstić information content (AvgIpc) is 3.04. The van der Waals surface area contributed by atoms with Crippen molar-refractivity contribution >= 4 is 15.7 Å².